The molecule has 0 amide bonds. The van der Waals surface area contributed by atoms with E-state index < -0.39 is 12.0 Å². The van der Waals surface area contributed by atoms with Gasteiger partial charge in [-0.3, -0.25) is 4.79 Å². The quantitative estimate of drug-likeness (QED) is 0.424. The zero-order chi connectivity index (χ0) is 5.15. The molecule has 0 aliphatic heterocycles. The standard InChI is InChI=1S/C3H7NO2/c1-2(4)3(5)6/h2H,4H2,1H3,(H,5,6)/t2-/m0/s1/i2+1,3+1. The molecule has 36 valence electrons. The van der Waals surface area contributed by atoms with E-state index in [0.29, 0.717) is 0 Å². The minimum atomic E-state index is -0.963. The molecule has 0 rings (SSSR count). The van der Waals surface area contributed by atoms with Crippen LogP contribution >= 0.6 is 0 Å². The Morgan fingerprint density at radius 3 is 2.17 bits per heavy atom. The SMILES string of the molecule is C[13C@H](N)[13C](=O)O. The summed E-state index contributed by atoms with van der Waals surface area (Å²) < 4.78 is 0. The summed E-state index contributed by atoms with van der Waals surface area (Å²) in [4.78, 5) is 9.57. The van der Waals surface area contributed by atoms with E-state index in [1.54, 1.807) is 0 Å². The molecule has 0 bridgehead atoms. The van der Waals surface area contributed by atoms with Gasteiger partial charge in [0, 0.05) is 0 Å². The first-order chi connectivity index (χ1) is 2.64. The minimum Gasteiger partial charge on any atom is -0.480 e. The van der Waals surface area contributed by atoms with E-state index in [1.807, 2.05) is 0 Å². The maximum atomic E-state index is 9.57. The van der Waals surface area contributed by atoms with Crippen LogP contribution in [0.2, 0.25) is 0 Å². The Balaban J connectivity index is 3.26. The van der Waals surface area contributed by atoms with Gasteiger partial charge in [0.05, 0.1) is 0 Å². The minimum absolute atomic E-state index is 0.731. The Bertz CT molecular complexity index is 59.8. The zero-order valence-corrected chi connectivity index (χ0v) is 3.51. The average Bonchev–Trinajstić information content (AvgIpc) is 1.36. The highest BCUT2D eigenvalue weighted by Crippen LogP contribution is 1.68. The van der Waals surface area contributed by atoms with Crippen LogP contribution in [0.3, 0.4) is 0 Å². The van der Waals surface area contributed by atoms with Crippen LogP contribution in [0.25, 0.3) is 0 Å². The van der Waals surface area contributed by atoms with Crippen molar-refractivity contribution in [1.82, 2.24) is 0 Å². The number of carboxylic acids is 1. The fourth-order valence-electron chi connectivity index (χ4n) is 0. The monoisotopic (exact) mass is 91.1 g/mol. The molecular weight excluding hydrogens is 84.0 g/mol. The summed E-state index contributed by atoms with van der Waals surface area (Å²) in [5.74, 6) is -0.963. The van der Waals surface area contributed by atoms with Crippen LogP contribution in [0.4, 0.5) is 0 Å². The van der Waals surface area contributed by atoms with Crippen LogP contribution in [0, 0.1) is 0 Å². The molecule has 0 unspecified atom stereocenters. The zero-order valence-electron chi connectivity index (χ0n) is 3.51. The van der Waals surface area contributed by atoms with Crippen LogP contribution in [-0.4, -0.2) is 17.1 Å². The van der Waals surface area contributed by atoms with Gasteiger partial charge in [0.1, 0.15) is 6.04 Å². The molecule has 0 aliphatic carbocycles. The van der Waals surface area contributed by atoms with Crippen molar-refractivity contribution in [3.8, 4) is 0 Å². The van der Waals surface area contributed by atoms with E-state index in [-0.39, 0.29) is 0 Å². The number of carbonyl (C=O) groups is 1. The van der Waals surface area contributed by atoms with E-state index >= 15 is 0 Å². The molecule has 0 spiro atoms. The molecular formula is C3H7NO2. The second-order valence-electron chi connectivity index (χ2n) is 1.13. The van der Waals surface area contributed by atoms with Crippen LogP contribution < -0.4 is 5.73 Å². The molecule has 0 saturated carbocycles. The molecule has 3 N–H and O–H groups in total. The van der Waals surface area contributed by atoms with E-state index in [2.05, 4.69) is 0 Å². The van der Waals surface area contributed by atoms with E-state index in [4.69, 9.17) is 10.8 Å². The summed E-state index contributed by atoms with van der Waals surface area (Å²) in [6.45, 7) is 1.42. The topological polar surface area (TPSA) is 63.3 Å². The number of hydrogen-bond donors (Lipinski definition) is 2. The van der Waals surface area contributed by atoms with Gasteiger partial charge in [-0.05, 0) is 6.92 Å². The van der Waals surface area contributed by atoms with Crippen molar-refractivity contribution < 1.29 is 9.90 Å². The molecule has 6 heavy (non-hydrogen) atoms. The molecule has 0 aromatic heterocycles. The van der Waals surface area contributed by atoms with Gasteiger partial charge >= 0.3 is 5.97 Å². The highest BCUT2D eigenvalue weighted by atomic mass is 16.5. The lowest BCUT2D eigenvalue weighted by Gasteiger charge is -1.90. The average molecular weight is 91.1 g/mol. The Labute approximate surface area is 35.8 Å². The second kappa shape index (κ2) is 1.77. The molecule has 0 aliphatic rings. The first kappa shape index (κ1) is 5.43. The van der Waals surface area contributed by atoms with E-state index in [0.717, 1.165) is 0 Å². The first-order valence-corrected chi connectivity index (χ1v) is 1.63. The van der Waals surface area contributed by atoms with Gasteiger partial charge in [-0.15, -0.1) is 0 Å². The third-order valence-electron chi connectivity index (χ3n) is 0.390. The predicted molar refractivity (Wildman–Crippen MR) is 21.3 cm³/mol. The molecule has 3 heteroatoms. The summed E-state index contributed by atoms with van der Waals surface area (Å²) in [5, 5.41) is 7.87. The summed E-state index contributed by atoms with van der Waals surface area (Å²) in [6, 6.07) is -0.731. The maximum Gasteiger partial charge on any atom is 0.320 e. The molecule has 0 heterocycles. The van der Waals surface area contributed by atoms with Crippen molar-refractivity contribution in [3.05, 3.63) is 0 Å². The lowest BCUT2D eigenvalue weighted by Crippen LogP contribution is -2.25. The molecule has 0 radical (unpaired) electrons. The lowest BCUT2D eigenvalue weighted by atomic mass is 11.0. The van der Waals surface area contributed by atoms with Crippen LogP contribution in [0.15, 0.2) is 0 Å². The van der Waals surface area contributed by atoms with Gasteiger partial charge in [0.2, 0.25) is 0 Å². The van der Waals surface area contributed by atoms with Gasteiger partial charge in [-0.2, -0.15) is 0 Å². The number of rotatable bonds is 1. The van der Waals surface area contributed by atoms with Crippen LogP contribution in [0.5, 0.6) is 0 Å². The molecule has 1 atom stereocenters. The van der Waals surface area contributed by atoms with Crippen molar-refractivity contribution in [2.75, 3.05) is 0 Å². The fourth-order valence-corrected chi connectivity index (χ4v) is 0. The number of aliphatic carboxylic acids is 1. The van der Waals surface area contributed by atoms with E-state index in [1.165, 1.54) is 6.92 Å². The number of carboxylic acid groups (broad SMARTS) is 1. The van der Waals surface area contributed by atoms with Crippen LogP contribution in [-0.2, 0) is 4.79 Å². The Morgan fingerprint density at radius 1 is 2.00 bits per heavy atom. The smallest absolute Gasteiger partial charge is 0.320 e. The summed E-state index contributed by atoms with van der Waals surface area (Å²) >= 11 is 0. The second-order valence-corrected chi connectivity index (χ2v) is 1.13. The normalized spacial score (nSPS) is 13.7. The third kappa shape index (κ3) is 1.72. The molecule has 3 nitrogen and oxygen atoms in total. The first-order valence-electron chi connectivity index (χ1n) is 1.63. The van der Waals surface area contributed by atoms with Gasteiger partial charge in [0.15, 0.2) is 0 Å². The highest BCUT2D eigenvalue weighted by Gasteiger charge is 1.99. The summed E-state index contributed by atoms with van der Waals surface area (Å²) in [6.07, 6.45) is 0. The Hall–Kier alpha value is -0.570. The van der Waals surface area contributed by atoms with Crippen molar-refractivity contribution in [1.29, 1.82) is 0 Å². The fraction of sp³-hybridized carbons (Fsp3) is 0.667. The number of hydrogen-bond acceptors (Lipinski definition) is 2. The number of nitrogens with two attached hydrogens (primary N) is 1. The van der Waals surface area contributed by atoms with Gasteiger partial charge < -0.3 is 10.8 Å². The summed E-state index contributed by atoms with van der Waals surface area (Å²) in [5.41, 5.74) is 4.84. The largest absolute Gasteiger partial charge is 0.480 e. The van der Waals surface area contributed by atoms with Crippen molar-refractivity contribution in [3.63, 3.8) is 0 Å². The van der Waals surface area contributed by atoms with Gasteiger partial charge in [-0.1, -0.05) is 0 Å². The van der Waals surface area contributed by atoms with Crippen LogP contribution in [0.1, 0.15) is 6.92 Å². The molecule has 0 aromatic carbocycles. The van der Waals surface area contributed by atoms with Gasteiger partial charge in [0.25, 0.3) is 0 Å². The maximum absolute atomic E-state index is 9.57. The Kier molecular flexibility index (Phi) is 1.60. The molecule has 0 fully saturated rings. The van der Waals surface area contributed by atoms with Crippen molar-refractivity contribution in [2.45, 2.75) is 13.0 Å². The van der Waals surface area contributed by atoms with E-state index in [9.17, 15) is 4.79 Å². The molecule has 0 saturated heterocycles. The molecule has 0 aromatic rings. The van der Waals surface area contributed by atoms with Crippen molar-refractivity contribution >= 4 is 5.97 Å². The lowest BCUT2D eigenvalue weighted by molar-refractivity contribution is -0.138. The highest BCUT2D eigenvalue weighted by molar-refractivity contribution is 5.72. The summed E-state index contributed by atoms with van der Waals surface area (Å²) in [7, 11) is 0. The Morgan fingerprint density at radius 2 is 2.17 bits per heavy atom. The van der Waals surface area contributed by atoms with Crippen molar-refractivity contribution in [2.24, 2.45) is 5.73 Å². The third-order valence-corrected chi connectivity index (χ3v) is 0.390. The van der Waals surface area contributed by atoms with Gasteiger partial charge in [-0.25, -0.2) is 0 Å². The predicted octanol–water partition coefficient (Wildman–Crippen LogP) is -0.582.